The number of carbonyl (C=O) groups excluding carboxylic acids is 1. The quantitative estimate of drug-likeness (QED) is 0.304. The smallest absolute Gasteiger partial charge is 0.166 e. The highest BCUT2D eigenvalue weighted by atomic mass is 16.5. The number of carbonyl (C=O) groups is 1. The van der Waals surface area contributed by atoms with E-state index < -0.39 is 24.9 Å². The second-order valence-corrected chi connectivity index (χ2v) is 6.74. The third-order valence-corrected chi connectivity index (χ3v) is 4.40. The first-order valence-corrected chi connectivity index (χ1v) is 9.86. The molecule has 0 amide bonds. The van der Waals surface area contributed by atoms with Gasteiger partial charge in [-0.3, -0.25) is 4.79 Å². The lowest BCUT2D eigenvalue weighted by Crippen LogP contribution is -2.47. The summed E-state index contributed by atoms with van der Waals surface area (Å²) < 4.78 is 21.7. The van der Waals surface area contributed by atoms with Gasteiger partial charge in [0.1, 0.15) is 18.9 Å². The van der Waals surface area contributed by atoms with Crippen LogP contribution in [0, 0.1) is 0 Å². The second-order valence-electron chi connectivity index (χ2n) is 6.74. The Morgan fingerprint density at radius 2 is 1.86 bits per heavy atom. The van der Waals surface area contributed by atoms with Crippen molar-refractivity contribution in [1.82, 2.24) is 4.90 Å². The molecule has 0 saturated carbocycles. The number of aliphatic hydroxyl groups excluding tert-OH is 2. The van der Waals surface area contributed by atoms with Gasteiger partial charge in [0, 0.05) is 32.1 Å². The maximum atomic E-state index is 11.8. The van der Waals surface area contributed by atoms with E-state index in [0.717, 1.165) is 0 Å². The largest absolute Gasteiger partial charge is 0.394 e. The van der Waals surface area contributed by atoms with Crippen molar-refractivity contribution in [2.24, 2.45) is 16.0 Å². The maximum Gasteiger partial charge on any atom is 0.166 e. The van der Waals surface area contributed by atoms with Crippen molar-refractivity contribution in [3.05, 3.63) is 11.9 Å². The van der Waals surface area contributed by atoms with Crippen molar-refractivity contribution in [3.8, 4) is 0 Å². The molecular weight excluding hydrogens is 384 g/mol. The van der Waals surface area contributed by atoms with Crippen LogP contribution in [0.4, 0.5) is 0 Å². The maximum absolute atomic E-state index is 11.8. The van der Waals surface area contributed by atoms with E-state index in [-0.39, 0.29) is 12.2 Å². The number of Topliss-reactive ketones (excluding diaryl/α,β-unsaturated/α-hetero) is 1. The monoisotopic (exact) mass is 416 g/mol. The first kappa shape index (κ1) is 23.8. The SMILES string of the molecule is NCCOCCOCCOCCN1C=C(C[C@@H]2CC(=O)[C@@H](O)[C@@H](CO)O2)N=NC1. The molecule has 11 nitrogen and oxygen atoms in total. The van der Waals surface area contributed by atoms with Crippen LogP contribution in [0.15, 0.2) is 22.1 Å². The number of hydrogen-bond acceptors (Lipinski definition) is 11. The Kier molecular flexibility index (Phi) is 11.2. The molecule has 2 heterocycles. The molecule has 11 heteroatoms. The van der Waals surface area contributed by atoms with E-state index in [9.17, 15) is 15.0 Å². The molecule has 0 aromatic carbocycles. The van der Waals surface area contributed by atoms with Gasteiger partial charge in [-0.05, 0) is 0 Å². The van der Waals surface area contributed by atoms with Crippen LogP contribution in [0.1, 0.15) is 12.8 Å². The Bertz CT molecular complexity index is 546. The summed E-state index contributed by atoms with van der Waals surface area (Å²) in [4.78, 5) is 13.8. The van der Waals surface area contributed by atoms with Crippen LogP contribution in [0.3, 0.4) is 0 Å². The first-order chi connectivity index (χ1) is 14.1. The van der Waals surface area contributed by atoms with Crippen molar-refractivity contribution < 1.29 is 34.0 Å². The molecule has 0 aromatic rings. The standard InChI is InChI=1S/C18H32N4O7/c19-1-3-26-5-7-28-8-6-27-4-2-22-11-14(21-20-13-22)9-15-10-16(24)18(25)17(12-23)29-15/h11,15,17-18,23,25H,1-10,12-13,19H2/t15-,17-,18-/m1/s1. The molecule has 4 N–H and O–H groups in total. The van der Waals surface area contributed by atoms with Crippen molar-refractivity contribution >= 4 is 5.78 Å². The van der Waals surface area contributed by atoms with Crippen LogP contribution in [-0.2, 0) is 23.7 Å². The number of rotatable bonds is 14. The van der Waals surface area contributed by atoms with Gasteiger partial charge in [0.25, 0.3) is 0 Å². The third-order valence-electron chi connectivity index (χ3n) is 4.40. The summed E-state index contributed by atoms with van der Waals surface area (Å²) in [7, 11) is 0. The van der Waals surface area contributed by atoms with Crippen LogP contribution in [0.2, 0.25) is 0 Å². The lowest BCUT2D eigenvalue weighted by Gasteiger charge is -2.32. The van der Waals surface area contributed by atoms with Gasteiger partial charge in [0.15, 0.2) is 5.78 Å². The molecule has 29 heavy (non-hydrogen) atoms. The zero-order chi connectivity index (χ0) is 20.9. The number of nitrogens with two attached hydrogens (primary N) is 1. The lowest BCUT2D eigenvalue weighted by atomic mass is 9.97. The Balaban J connectivity index is 1.60. The summed E-state index contributed by atoms with van der Waals surface area (Å²) in [5.41, 5.74) is 6.00. The lowest BCUT2D eigenvalue weighted by molar-refractivity contribution is -0.162. The van der Waals surface area contributed by atoms with Crippen LogP contribution >= 0.6 is 0 Å². The molecule has 1 fully saturated rings. The Morgan fingerprint density at radius 3 is 2.55 bits per heavy atom. The molecule has 2 aliphatic heterocycles. The molecule has 2 rings (SSSR count). The fourth-order valence-electron chi connectivity index (χ4n) is 2.94. The molecular formula is C18H32N4O7. The Morgan fingerprint density at radius 1 is 1.17 bits per heavy atom. The minimum absolute atomic E-state index is 0.0882. The minimum atomic E-state index is -1.27. The number of azo groups is 1. The highest BCUT2D eigenvalue weighted by Crippen LogP contribution is 2.24. The highest BCUT2D eigenvalue weighted by Gasteiger charge is 2.36. The number of ketones is 1. The van der Waals surface area contributed by atoms with Crippen LogP contribution in [0.5, 0.6) is 0 Å². The highest BCUT2D eigenvalue weighted by molar-refractivity contribution is 5.84. The second kappa shape index (κ2) is 13.7. The summed E-state index contributed by atoms with van der Waals surface area (Å²) in [5.74, 6) is -0.327. The van der Waals surface area contributed by atoms with Gasteiger partial charge in [0.05, 0.1) is 58.0 Å². The first-order valence-electron chi connectivity index (χ1n) is 9.86. The molecule has 166 valence electrons. The number of hydrogen-bond donors (Lipinski definition) is 3. The van der Waals surface area contributed by atoms with E-state index in [1.54, 1.807) is 0 Å². The van der Waals surface area contributed by atoms with Gasteiger partial charge >= 0.3 is 0 Å². The van der Waals surface area contributed by atoms with Gasteiger partial charge in [-0.2, -0.15) is 10.2 Å². The molecule has 3 atom stereocenters. The zero-order valence-corrected chi connectivity index (χ0v) is 16.6. The molecule has 0 aliphatic carbocycles. The molecule has 0 spiro atoms. The van der Waals surface area contributed by atoms with Gasteiger partial charge in [-0.25, -0.2) is 0 Å². The Hall–Kier alpha value is -1.47. The molecule has 0 unspecified atom stereocenters. The van der Waals surface area contributed by atoms with Crippen LogP contribution in [-0.4, -0.2) is 105 Å². The van der Waals surface area contributed by atoms with Crippen molar-refractivity contribution in [2.45, 2.75) is 31.2 Å². The normalized spacial score (nSPS) is 24.8. The van der Waals surface area contributed by atoms with Crippen molar-refractivity contribution in [3.63, 3.8) is 0 Å². The molecule has 0 radical (unpaired) electrons. The van der Waals surface area contributed by atoms with E-state index in [1.165, 1.54) is 0 Å². The summed E-state index contributed by atoms with van der Waals surface area (Å²) in [6, 6.07) is 0. The van der Waals surface area contributed by atoms with Crippen LogP contribution < -0.4 is 5.73 Å². The van der Waals surface area contributed by atoms with Gasteiger partial charge in [-0.1, -0.05) is 0 Å². The topological polar surface area (TPSA) is 148 Å². The minimum Gasteiger partial charge on any atom is -0.394 e. The van der Waals surface area contributed by atoms with Gasteiger partial charge < -0.3 is 39.8 Å². The number of nitrogens with zero attached hydrogens (tertiary/aromatic N) is 3. The zero-order valence-electron chi connectivity index (χ0n) is 16.6. The number of aliphatic hydroxyl groups is 2. The molecule has 1 saturated heterocycles. The predicted octanol–water partition coefficient (Wildman–Crippen LogP) is -0.968. The summed E-state index contributed by atoms with van der Waals surface area (Å²) in [6.45, 7) is 4.27. The van der Waals surface area contributed by atoms with E-state index in [1.807, 2.05) is 11.1 Å². The summed E-state index contributed by atoms with van der Waals surface area (Å²) in [5, 5.41) is 27.1. The average molecular weight is 416 g/mol. The fraction of sp³-hybridized carbons (Fsp3) is 0.833. The van der Waals surface area contributed by atoms with E-state index in [2.05, 4.69) is 10.2 Å². The third kappa shape index (κ3) is 8.83. The Labute approximate surface area is 170 Å². The fourth-order valence-corrected chi connectivity index (χ4v) is 2.94. The van der Waals surface area contributed by atoms with Crippen LogP contribution in [0.25, 0.3) is 0 Å². The predicted molar refractivity (Wildman–Crippen MR) is 102 cm³/mol. The number of ether oxygens (including phenoxy) is 4. The van der Waals surface area contributed by atoms with E-state index >= 15 is 0 Å². The average Bonchev–Trinajstić information content (AvgIpc) is 2.72. The van der Waals surface area contributed by atoms with Crippen molar-refractivity contribution in [2.75, 3.05) is 66.0 Å². The van der Waals surface area contributed by atoms with Crippen molar-refractivity contribution in [1.29, 1.82) is 0 Å². The summed E-state index contributed by atoms with van der Waals surface area (Å²) >= 11 is 0. The molecule has 0 bridgehead atoms. The molecule has 2 aliphatic rings. The molecule has 0 aromatic heterocycles. The van der Waals surface area contributed by atoms with E-state index in [0.29, 0.717) is 71.5 Å². The van der Waals surface area contributed by atoms with Gasteiger partial charge in [0.2, 0.25) is 0 Å². The summed E-state index contributed by atoms with van der Waals surface area (Å²) in [6.07, 6.45) is -0.249. The van der Waals surface area contributed by atoms with Gasteiger partial charge in [-0.15, -0.1) is 0 Å². The van der Waals surface area contributed by atoms with E-state index in [4.69, 9.17) is 24.7 Å².